The molecule has 0 unspecified atom stereocenters. The van der Waals surface area contributed by atoms with E-state index in [0.717, 1.165) is 29.7 Å². The number of aromatic hydroxyl groups is 1. The van der Waals surface area contributed by atoms with Crippen molar-refractivity contribution in [3.63, 3.8) is 0 Å². The number of ether oxygens (including phenoxy) is 1. The zero-order valence-corrected chi connectivity index (χ0v) is 13.3. The average Bonchev–Trinajstić information content (AvgIpc) is 3.03. The van der Waals surface area contributed by atoms with Crippen LogP contribution in [0.4, 0.5) is 5.69 Å². The van der Waals surface area contributed by atoms with E-state index in [9.17, 15) is 23.6 Å². The van der Waals surface area contributed by atoms with Crippen molar-refractivity contribution in [3.8, 4) is 11.5 Å². The summed E-state index contributed by atoms with van der Waals surface area (Å²) in [6.07, 6.45) is 0.954. The molecule has 2 rings (SSSR count). The van der Waals surface area contributed by atoms with E-state index in [-0.39, 0.29) is 21.2 Å². The highest BCUT2D eigenvalue weighted by atomic mass is 32.2. The molecule has 0 bridgehead atoms. The largest absolute Gasteiger partial charge is 0.504 e. The van der Waals surface area contributed by atoms with Gasteiger partial charge >= 0.3 is 0 Å². The number of benzene rings is 1. The minimum absolute atomic E-state index is 0.0649. The van der Waals surface area contributed by atoms with Gasteiger partial charge in [-0.1, -0.05) is 6.07 Å². The first-order chi connectivity index (χ1) is 10.8. The third kappa shape index (κ3) is 3.76. The van der Waals surface area contributed by atoms with Gasteiger partial charge in [-0.15, -0.1) is 11.3 Å². The molecule has 0 saturated carbocycles. The van der Waals surface area contributed by atoms with Gasteiger partial charge in [-0.2, -0.15) is 18.4 Å². The first-order valence-electron chi connectivity index (χ1n) is 5.99. The molecule has 23 heavy (non-hydrogen) atoms. The zero-order chi connectivity index (χ0) is 17.0. The van der Waals surface area contributed by atoms with Gasteiger partial charge in [0.2, 0.25) is 0 Å². The smallest absolute Gasteiger partial charge is 0.286 e. The Hall–Kier alpha value is -2.66. The molecular weight excluding hydrogens is 346 g/mol. The summed E-state index contributed by atoms with van der Waals surface area (Å²) < 4.78 is 28.6. The van der Waals surface area contributed by atoms with Crippen molar-refractivity contribution in [3.05, 3.63) is 45.3 Å². The molecular formula is C12H11N3O6S2. The molecule has 0 atom stereocenters. The molecule has 2 aromatic rings. The Morgan fingerprint density at radius 1 is 1.48 bits per heavy atom. The maximum absolute atomic E-state index is 11.9. The van der Waals surface area contributed by atoms with Gasteiger partial charge in [0.05, 0.1) is 24.3 Å². The van der Waals surface area contributed by atoms with E-state index in [0.29, 0.717) is 0 Å². The third-order valence-electron chi connectivity index (χ3n) is 2.66. The molecule has 0 aliphatic heterocycles. The lowest BCUT2D eigenvalue weighted by Gasteiger charge is -2.06. The van der Waals surface area contributed by atoms with E-state index in [1.54, 1.807) is 11.4 Å². The molecule has 1 aromatic heterocycles. The molecule has 122 valence electrons. The molecule has 0 aliphatic rings. The lowest BCUT2D eigenvalue weighted by Crippen LogP contribution is -2.17. The van der Waals surface area contributed by atoms with Gasteiger partial charge in [-0.25, -0.2) is 0 Å². The van der Waals surface area contributed by atoms with E-state index >= 15 is 0 Å². The number of methoxy groups -OCH3 is 1. The van der Waals surface area contributed by atoms with E-state index in [2.05, 4.69) is 5.10 Å². The van der Waals surface area contributed by atoms with Crippen molar-refractivity contribution in [2.24, 2.45) is 5.10 Å². The number of thiophene rings is 1. The zero-order valence-electron chi connectivity index (χ0n) is 11.7. The third-order valence-corrected chi connectivity index (χ3v) is 5.28. The summed E-state index contributed by atoms with van der Waals surface area (Å²) in [6.45, 7) is 0. The van der Waals surface area contributed by atoms with Crippen LogP contribution in [0.2, 0.25) is 0 Å². The van der Waals surface area contributed by atoms with Crippen LogP contribution in [0.15, 0.2) is 39.0 Å². The van der Waals surface area contributed by atoms with E-state index in [4.69, 9.17) is 4.74 Å². The van der Waals surface area contributed by atoms with Crippen molar-refractivity contribution < 1.29 is 23.2 Å². The Morgan fingerprint density at radius 2 is 2.22 bits per heavy atom. The van der Waals surface area contributed by atoms with Crippen LogP contribution in [0.25, 0.3) is 0 Å². The Bertz CT molecular complexity index is 846. The maximum Gasteiger partial charge on any atom is 0.286 e. The van der Waals surface area contributed by atoms with Gasteiger partial charge in [0, 0.05) is 11.6 Å². The number of phenolic OH excluding ortho intramolecular Hbond substituents is 1. The van der Waals surface area contributed by atoms with Gasteiger partial charge in [-0.3, -0.25) is 10.1 Å². The summed E-state index contributed by atoms with van der Waals surface area (Å²) in [5.74, 6) is -0.515. The Labute approximate surface area is 135 Å². The van der Waals surface area contributed by atoms with Gasteiger partial charge < -0.3 is 9.84 Å². The van der Waals surface area contributed by atoms with Crippen LogP contribution >= 0.6 is 11.3 Å². The molecule has 0 fully saturated rings. The average molecular weight is 357 g/mol. The highest BCUT2D eigenvalue weighted by molar-refractivity contribution is 7.91. The summed E-state index contributed by atoms with van der Waals surface area (Å²) in [5, 5.41) is 25.8. The molecule has 0 radical (unpaired) electrons. The van der Waals surface area contributed by atoms with Crippen molar-refractivity contribution in [1.82, 2.24) is 4.83 Å². The number of nitrogens with one attached hydrogen (secondary N) is 1. The van der Waals surface area contributed by atoms with Crippen molar-refractivity contribution in [1.29, 1.82) is 0 Å². The Balaban J connectivity index is 2.29. The van der Waals surface area contributed by atoms with Crippen LogP contribution in [0, 0.1) is 10.1 Å². The lowest BCUT2D eigenvalue weighted by atomic mass is 10.2. The summed E-state index contributed by atoms with van der Waals surface area (Å²) in [7, 11) is -2.58. The van der Waals surface area contributed by atoms with Crippen molar-refractivity contribution >= 4 is 33.3 Å². The van der Waals surface area contributed by atoms with Gasteiger partial charge in [-0.05, 0) is 11.4 Å². The molecule has 0 saturated heterocycles. The standard InChI is InChI=1S/C12H11N3O6S2/c1-21-10-6-9(15(17)18)5-8(12(10)16)7-13-14-23(19,20)11-3-2-4-22-11/h2-7,14,16H,1H3/b13-7+. The molecule has 9 nitrogen and oxygen atoms in total. The number of hydrazone groups is 1. The number of nitro groups is 1. The lowest BCUT2D eigenvalue weighted by molar-refractivity contribution is -0.385. The highest BCUT2D eigenvalue weighted by Crippen LogP contribution is 2.33. The summed E-state index contributed by atoms with van der Waals surface area (Å²) >= 11 is 1.01. The number of nitrogens with zero attached hydrogens (tertiary/aromatic N) is 2. The number of hydrogen-bond acceptors (Lipinski definition) is 8. The molecule has 0 amide bonds. The van der Waals surface area contributed by atoms with Crippen LogP contribution in [-0.4, -0.2) is 31.8 Å². The Kier molecular flexibility index (Phi) is 4.81. The molecule has 0 aliphatic carbocycles. The van der Waals surface area contributed by atoms with Crippen molar-refractivity contribution in [2.75, 3.05) is 7.11 Å². The van der Waals surface area contributed by atoms with Crippen LogP contribution in [0.5, 0.6) is 11.5 Å². The summed E-state index contributed by atoms with van der Waals surface area (Å²) in [6, 6.07) is 5.06. The fraction of sp³-hybridized carbons (Fsp3) is 0.0833. The summed E-state index contributed by atoms with van der Waals surface area (Å²) in [5.41, 5.74) is -0.396. The normalized spacial score (nSPS) is 11.5. The second kappa shape index (κ2) is 6.62. The molecule has 1 aromatic carbocycles. The first kappa shape index (κ1) is 16.7. The minimum atomic E-state index is -3.82. The minimum Gasteiger partial charge on any atom is -0.504 e. The second-order valence-corrected chi connectivity index (χ2v) is 6.96. The van der Waals surface area contributed by atoms with E-state index in [1.165, 1.54) is 13.2 Å². The molecule has 1 heterocycles. The summed E-state index contributed by atoms with van der Waals surface area (Å²) in [4.78, 5) is 12.1. The van der Waals surface area contributed by atoms with Crippen LogP contribution in [0.3, 0.4) is 0 Å². The number of nitro benzene ring substituents is 1. The number of hydrogen-bond donors (Lipinski definition) is 2. The van der Waals surface area contributed by atoms with Crippen molar-refractivity contribution in [2.45, 2.75) is 4.21 Å². The second-order valence-electron chi connectivity index (χ2n) is 4.13. The molecule has 0 spiro atoms. The SMILES string of the molecule is COc1cc([N+](=O)[O-])cc(/C=N/NS(=O)(=O)c2cccs2)c1O. The fourth-order valence-electron chi connectivity index (χ4n) is 1.60. The highest BCUT2D eigenvalue weighted by Gasteiger charge is 2.17. The van der Waals surface area contributed by atoms with Gasteiger partial charge in [0.15, 0.2) is 11.5 Å². The predicted octanol–water partition coefficient (Wildman–Crippen LogP) is 1.68. The van der Waals surface area contributed by atoms with E-state index in [1.807, 2.05) is 4.83 Å². The molecule has 2 N–H and O–H groups in total. The van der Waals surface area contributed by atoms with Crippen LogP contribution < -0.4 is 9.57 Å². The number of non-ortho nitro benzene ring substituents is 1. The maximum atomic E-state index is 11.9. The number of rotatable bonds is 6. The monoisotopic (exact) mass is 357 g/mol. The first-order valence-corrected chi connectivity index (χ1v) is 8.35. The van der Waals surface area contributed by atoms with Crippen LogP contribution in [-0.2, 0) is 10.0 Å². The molecule has 11 heteroatoms. The van der Waals surface area contributed by atoms with Gasteiger partial charge in [0.25, 0.3) is 15.7 Å². The number of phenols is 1. The number of sulfonamides is 1. The quantitative estimate of drug-likeness (QED) is 0.459. The fourth-order valence-corrected chi connectivity index (χ4v) is 3.37. The predicted molar refractivity (Wildman–Crippen MR) is 83.5 cm³/mol. The van der Waals surface area contributed by atoms with Crippen LogP contribution in [0.1, 0.15) is 5.56 Å². The topological polar surface area (TPSA) is 131 Å². The van der Waals surface area contributed by atoms with Gasteiger partial charge in [0.1, 0.15) is 4.21 Å². The Morgan fingerprint density at radius 3 is 2.78 bits per heavy atom. The van der Waals surface area contributed by atoms with E-state index < -0.39 is 20.7 Å².